The van der Waals surface area contributed by atoms with Crippen molar-refractivity contribution >= 4 is 17.1 Å². The van der Waals surface area contributed by atoms with Gasteiger partial charge in [0.2, 0.25) is 5.95 Å². The molecule has 1 aromatic carbocycles. The van der Waals surface area contributed by atoms with E-state index in [-0.39, 0.29) is 29.7 Å². The zero-order valence-electron chi connectivity index (χ0n) is 16.6. The summed E-state index contributed by atoms with van der Waals surface area (Å²) in [5.41, 5.74) is 7.76. The summed E-state index contributed by atoms with van der Waals surface area (Å²) < 4.78 is 19.8. The highest BCUT2D eigenvalue weighted by molar-refractivity contribution is 5.69. The van der Waals surface area contributed by atoms with E-state index in [4.69, 9.17) is 19.9 Å². The van der Waals surface area contributed by atoms with Gasteiger partial charge in [-0.2, -0.15) is 4.98 Å². The predicted molar refractivity (Wildman–Crippen MR) is 107 cm³/mol. The van der Waals surface area contributed by atoms with Crippen molar-refractivity contribution in [2.24, 2.45) is 0 Å². The van der Waals surface area contributed by atoms with Gasteiger partial charge in [-0.05, 0) is 25.0 Å². The van der Waals surface area contributed by atoms with E-state index < -0.39 is 11.3 Å². The van der Waals surface area contributed by atoms with Gasteiger partial charge in [0.25, 0.3) is 5.56 Å². The van der Waals surface area contributed by atoms with Crippen molar-refractivity contribution in [2.45, 2.75) is 44.5 Å². The number of anilines is 1. The first-order valence-electron chi connectivity index (χ1n) is 9.70. The van der Waals surface area contributed by atoms with Crippen LogP contribution in [0.4, 0.5) is 5.95 Å². The third-order valence-corrected chi connectivity index (χ3v) is 5.23. The van der Waals surface area contributed by atoms with Crippen LogP contribution in [0.25, 0.3) is 11.2 Å². The van der Waals surface area contributed by atoms with Gasteiger partial charge in [0, 0.05) is 0 Å². The fourth-order valence-corrected chi connectivity index (χ4v) is 3.99. The number of nitrogen functional groups attached to an aromatic ring is 1. The Labute approximate surface area is 171 Å². The number of fused-ring (bicyclic) bond motifs is 2. The van der Waals surface area contributed by atoms with Gasteiger partial charge in [-0.25, -0.2) is 4.68 Å². The highest BCUT2D eigenvalue weighted by Gasteiger charge is 2.51. The van der Waals surface area contributed by atoms with Crippen LogP contribution in [0.15, 0.2) is 46.8 Å². The van der Waals surface area contributed by atoms with Crippen molar-refractivity contribution in [3.8, 4) is 0 Å². The smallest absolute Gasteiger partial charge is 0.282 e. The number of nitrogens with zero attached hydrogens (tertiary/aromatic N) is 4. The Bertz CT molecular complexity index is 1170. The Morgan fingerprint density at radius 2 is 2.03 bits per heavy atom. The van der Waals surface area contributed by atoms with Crippen LogP contribution in [0.2, 0.25) is 0 Å². The highest BCUT2D eigenvalue weighted by atomic mass is 16.8. The third-order valence-electron chi connectivity index (χ3n) is 5.23. The number of nitrogens with two attached hydrogens (primary N) is 1. The molecule has 0 amide bonds. The minimum Gasteiger partial charge on any atom is -0.372 e. The first-order chi connectivity index (χ1) is 14.4. The van der Waals surface area contributed by atoms with Gasteiger partial charge in [0.1, 0.15) is 18.2 Å². The molecule has 0 bridgehead atoms. The molecule has 1 fully saturated rings. The molecule has 0 saturated carbocycles. The fourth-order valence-electron chi connectivity index (χ4n) is 3.99. The third kappa shape index (κ3) is 3.28. The van der Waals surface area contributed by atoms with Crippen molar-refractivity contribution in [3.63, 3.8) is 0 Å². The average Bonchev–Trinajstić information content (AvgIpc) is 3.34. The van der Waals surface area contributed by atoms with Crippen LogP contribution >= 0.6 is 0 Å². The van der Waals surface area contributed by atoms with E-state index in [1.165, 1.54) is 0 Å². The van der Waals surface area contributed by atoms with Crippen molar-refractivity contribution in [1.29, 1.82) is 0 Å². The zero-order chi connectivity index (χ0) is 20.9. The van der Waals surface area contributed by atoms with Gasteiger partial charge < -0.3 is 19.9 Å². The van der Waals surface area contributed by atoms with Crippen molar-refractivity contribution < 1.29 is 14.2 Å². The van der Waals surface area contributed by atoms with Gasteiger partial charge in [-0.1, -0.05) is 41.6 Å². The number of ether oxygens (including phenoxy) is 3. The Balaban J connectivity index is 1.45. The second-order valence-electron chi connectivity index (χ2n) is 7.89. The molecule has 1 aliphatic carbocycles. The summed E-state index contributed by atoms with van der Waals surface area (Å²) in [6.45, 7) is 4.61. The number of benzene rings is 1. The standard InChI is InChI=1S/C20H22N6O4/c1-20(2)29-15-12(10-28-9-11-6-4-3-5-7-11)8-13(16(15)30-20)26-17-14(24-25-26)18(27)23-19(21)22-17/h3-8,13,15-16H,9-10H2,1-2H3,(H3,21,22,23,27)/t13-,15-,16+/m1/s1. The van der Waals surface area contributed by atoms with Crippen LogP contribution in [0, 0.1) is 0 Å². The number of hydrogen-bond acceptors (Lipinski definition) is 8. The summed E-state index contributed by atoms with van der Waals surface area (Å²) in [5, 5.41) is 8.13. The molecule has 10 heteroatoms. The number of hydrogen-bond donors (Lipinski definition) is 2. The predicted octanol–water partition coefficient (Wildman–Crippen LogP) is 1.31. The maximum absolute atomic E-state index is 12.1. The van der Waals surface area contributed by atoms with E-state index in [2.05, 4.69) is 20.3 Å². The van der Waals surface area contributed by atoms with Crippen molar-refractivity contribution in [2.75, 3.05) is 12.3 Å². The number of rotatable bonds is 5. The topological polar surface area (TPSA) is 130 Å². The lowest BCUT2D eigenvalue weighted by atomic mass is 10.1. The van der Waals surface area contributed by atoms with E-state index in [0.717, 1.165) is 11.1 Å². The molecule has 10 nitrogen and oxygen atoms in total. The number of nitrogens with one attached hydrogen (secondary N) is 1. The molecule has 3 atom stereocenters. The van der Waals surface area contributed by atoms with E-state index in [0.29, 0.717) is 18.9 Å². The molecule has 2 aromatic heterocycles. The Kier molecular flexibility index (Phi) is 4.42. The Hall–Kier alpha value is -3.08. The summed E-state index contributed by atoms with van der Waals surface area (Å²) in [6, 6.07) is 9.60. The molecule has 3 heterocycles. The number of aromatic amines is 1. The first kappa shape index (κ1) is 18.9. The van der Waals surface area contributed by atoms with Gasteiger partial charge in [-0.15, -0.1) is 5.10 Å². The normalized spacial score (nSPS) is 24.9. The van der Waals surface area contributed by atoms with E-state index in [1.54, 1.807) is 4.68 Å². The molecule has 0 spiro atoms. The van der Waals surface area contributed by atoms with E-state index in [9.17, 15) is 4.79 Å². The fraction of sp³-hybridized carbons (Fsp3) is 0.400. The Morgan fingerprint density at radius 1 is 1.23 bits per heavy atom. The lowest BCUT2D eigenvalue weighted by molar-refractivity contribution is -0.148. The van der Waals surface area contributed by atoms with Crippen LogP contribution in [0.5, 0.6) is 0 Å². The SMILES string of the molecule is CC1(C)O[C@@H]2[C@H](O1)C(COCc1ccccc1)=C[C@H]2n1nnc2c(=O)[nH]c(N)nc21. The van der Waals surface area contributed by atoms with E-state index in [1.807, 2.05) is 50.3 Å². The van der Waals surface area contributed by atoms with Crippen LogP contribution in [0.1, 0.15) is 25.5 Å². The molecule has 1 saturated heterocycles. The summed E-state index contributed by atoms with van der Waals surface area (Å²) in [4.78, 5) is 18.8. The molecule has 156 valence electrons. The molecule has 2 aliphatic rings. The first-order valence-corrected chi connectivity index (χ1v) is 9.70. The maximum Gasteiger partial charge on any atom is 0.282 e. The molecule has 3 N–H and O–H groups in total. The van der Waals surface area contributed by atoms with Crippen LogP contribution < -0.4 is 11.3 Å². The lowest BCUT2D eigenvalue weighted by Gasteiger charge is -2.20. The maximum atomic E-state index is 12.1. The molecular formula is C20H22N6O4. The molecule has 30 heavy (non-hydrogen) atoms. The van der Waals surface area contributed by atoms with E-state index >= 15 is 0 Å². The highest BCUT2D eigenvalue weighted by Crippen LogP contribution is 2.43. The minimum absolute atomic E-state index is 0.00455. The Morgan fingerprint density at radius 3 is 2.83 bits per heavy atom. The van der Waals surface area contributed by atoms with Gasteiger partial charge in [-0.3, -0.25) is 9.78 Å². The lowest BCUT2D eigenvalue weighted by Crippen LogP contribution is -2.29. The molecule has 0 unspecified atom stereocenters. The molecule has 0 radical (unpaired) electrons. The molecule has 3 aromatic rings. The van der Waals surface area contributed by atoms with Crippen LogP contribution in [-0.4, -0.2) is 49.6 Å². The summed E-state index contributed by atoms with van der Waals surface area (Å²) >= 11 is 0. The number of H-pyrrole nitrogens is 1. The van der Waals surface area contributed by atoms with Gasteiger partial charge >= 0.3 is 0 Å². The molecule has 1 aliphatic heterocycles. The van der Waals surface area contributed by atoms with Crippen molar-refractivity contribution in [3.05, 3.63) is 57.9 Å². The minimum atomic E-state index is -0.757. The van der Waals surface area contributed by atoms with Crippen LogP contribution in [-0.2, 0) is 20.8 Å². The second-order valence-corrected chi connectivity index (χ2v) is 7.89. The van der Waals surface area contributed by atoms with Gasteiger partial charge in [0.05, 0.1) is 13.2 Å². The quantitative estimate of drug-likeness (QED) is 0.602. The second kappa shape index (κ2) is 7.01. The largest absolute Gasteiger partial charge is 0.372 e. The molecule has 5 rings (SSSR count). The average molecular weight is 410 g/mol. The summed E-state index contributed by atoms with van der Waals surface area (Å²) in [6.07, 6.45) is 1.35. The van der Waals surface area contributed by atoms with Crippen LogP contribution in [0.3, 0.4) is 0 Å². The number of aromatic nitrogens is 5. The molecular weight excluding hydrogens is 388 g/mol. The van der Waals surface area contributed by atoms with Crippen molar-refractivity contribution in [1.82, 2.24) is 25.0 Å². The monoisotopic (exact) mass is 410 g/mol. The van der Waals surface area contributed by atoms with Gasteiger partial charge in [0.15, 0.2) is 17.0 Å². The summed E-state index contributed by atoms with van der Waals surface area (Å²) in [7, 11) is 0. The summed E-state index contributed by atoms with van der Waals surface area (Å²) in [5.74, 6) is -0.753. The zero-order valence-corrected chi connectivity index (χ0v) is 16.6.